The molecule has 1 saturated heterocycles. The highest BCUT2D eigenvalue weighted by Crippen LogP contribution is 2.32. The van der Waals surface area contributed by atoms with Crippen molar-refractivity contribution in [1.29, 1.82) is 0 Å². The third kappa shape index (κ3) is 4.55. The lowest BCUT2D eigenvalue weighted by Gasteiger charge is -2.07. The highest BCUT2D eigenvalue weighted by molar-refractivity contribution is 7.07. The van der Waals surface area contributed by atoms with Crippen LogP contribution in [-0.2, 0) is 4.74 Å². The molecule has 3 aromatic rings. The zero-order valence-electron chi connectivity index (χ0n) is 16.6. The van der Waals surface area contributed by atoms with Crippen LogP contribution in [0.2, 0.25) is 0 Å². The molecule has 2 aromatic carbocycles. The summed E-state index contributed by atoms with van der Waals surface area (Å²) in [5.74, 6) is 0.757. The molecule has 1 unspecified atom stereocenters. The zero-order valence-corrected chi connectivity index (χ0v) is 17.4. The van der Waals surface area contributed by atoms with Crippen LogP contribution in [0.25, 0.3) is 11.3 Å². The zero-order chi connectivity index (χ0) is 20.9. The molecule has 8 heteroatoms. The fraction of sp³-hybridized carbons (Fsp3) is 0.273. The van der Waals surface area contributed by atoms with Crippen molar-refractivity contribution in [3.63, 3.8) is 0 Å². The van der Waals surface area contributed by atoms with Gasteiger partial charge in [0.2, 0.25) is 4.80 Å². The van der Waals surface area contributed by atoms with E-state index in [4.69, 9.17) is 14.5 Å². The molecule has 0 spiro atoms. The summed E-state index contributed by atoms with van der Waals surface area (Å²) in [5.41, 5.74) is 2.16. The number of phenolic OH excluding ortho intramolecular Hbond substituents is 2. The van der Waals surface area contributed by atoms with Crippen LogP contribution in [-0.4, -0.2) is 47.5 Å². The van der Waals surface area contributed by atoms with Gasteiger partial charge in [-0.3, -0.25) is 4.99 Å². The largest absolute Gasteiger partial charge is 0.508 e. The van der Waals surface area contributed by atoms with Gasteiger partial charge >= 0.3 is 0 Å². The Morgan fingerprint density at radius 1 is 1.23 bits per heavy atom. The summed E-state index contributed by atoms with van der Waals surface area (Å²) in [6, 6.07) is 12.1. The Kier molecular flexibility index (Phi) is 6.15. The minimum absolute atomic E-state index is 0.00283. The highest BCUT2D eigenvalue weighted by Gasteiger charge is 2.16. The van der Waals surface area contributed by atoms with Crippen LogP contribution in [0.1, 0.15) is 18.4 Å². The number of aromatic nitrogens is 1. The number of hydrogen-bond acceptors (Lipinski definition) is 7. The van der Waals surface area contributed by atoms with E-state index in [1.165, 1.54) is 23.5 Å². The predicted octanol–water partition coefficient (Wildman–Crippen LogP) is 3.60. The maximum atomic E-state index is 10.3. The lowest BCUT2D eigenvalue weighted by Crippen LogP contribution is -2.17. The molecular weight excluding hydrogens is 402 g/mol. The average molecular weight is 426 g/mol. The first-order valence-electron chi connectivity index (χ1n) is 9.67. The number of nitrogens with zero attached hydrogens (tertiary/aromatic N) is 3. The maximum Gasteiger partial charge on any atom is 0.206 e. The van der Waals surface area contributed by atoms with Crippen molar-refractivity contribution in [2.45, 2.75) is 18.9 Å². The normalized spacial score (nSPS) is 17.1. The Bertz CT molecular complexity index is 1100. The number of thiazole rings is 1. The van der Waals surface area contributed by atoms with Gasteiger partial charge in [0, 0.05) is 23.6 Å². The first kappa shape index (κ1) is 20.2. The molecule has 1 aromatic heterocycles. The van der Waals surface area contributed by atoms with E-state index >= 15 is 0 Å². The molecule has 1 fully saturated rings. The quantitative estimate of drug-likeness (QED) is 0.591. The van der Waals surface area contributed by atoms with E-state index < -0.39 is 0 Å². The van der Waals surface area contributed by atoms with Crippen LogP contribution in [0.3, 0.4) is 0 Å². The van der Waals surface area contributed by atoms with Crippen LogP contribution in [0.15, 0.2) is 57.9 Å². The number of ether oxygens (including phenoxy) is 2. The molecule has 2 N–H and O–H groups in total. The number of methoxy groups -OCH3 is 1. The van der Waals surface area contributed by atoms with E-state index in [2.05, 4.69) is 5.10 Å². The molecular formula is C22H23N3O4S. The van der Waals surface area contributed by atoms with Gasteiger partial charge in [-0.05, 0) is 54.8 Å². The summed E-state index contributed by atoms with van der Waals surface area (Å²) in [6.07, 6.45) is 3.94. The third-order valence-electron chi connectivity index (χ3n) is 4.83. The average Bonchev–Trinajstić information content (AvgIpc) is 3.41. The van der Waals surface area contributed by atoms with Crippen molar-refractivity contribution in [3.8, 4) is 28.5 Å². The van der Waals surface area contributed by atoms with Gasteiger partial charge in [-0.2, -0.15) is 5.10 Å². The summed E-state index contributed by atoms with van der Waals surface area (Å²) in [5, 5.41) is 26.5. The summed E-state index contributed by atoms with van der Waals surface area (Å²) < 4.78 is 12.6. The van der Waals surface area contributed by atoms with Crippen molar-refractivity contribution in [2.75, 3.05) is 20.3 Å². The summed E-state index contributed by atoms with van der Waals surface area (Å²) in [4.78, 5) is 5.42. The lowest BCUT2D eigenvalue weighted by molar-refractivity contribution is 0.117. The highest BCUT2D eigenvalue weighted by atomic mass is 32.1. The van der Waals surface area contributed by atoms with Gasteiger partial charge in [-0.1, -0.05) is 0 Å². The van der Waals surface area contributed by atoms with Crippen molar-refractivity contribution in [3.05, 3.63) is 58.2 Å². The molecule has 156 valence electrons. The van der Waals surface area contributed by atoms with Gasteiger partial charge in [0.1, 0.15) is 17.2 Å². The minimum Gasteiger partial charge on any atom is -0.508 e. The summed E-state index contributed by atoms with van der Waals surface area (Å²) >= 11 is 1.44. The predicted molar refractivity (Wildman–Crippen MR) is 116 cm³/mol. The summed E-state index contributed by atoms with van der Waals surface area (Å²) in [6.45, 7) is 1.35. The van der Waals surface area contributed by atoms with Gasteiger partial charge in [0.25, 0.3) is 0 Å². The van der Waals surface area contributed by atoms with Crippen LogP contribution in [0, 0.1) is 0 Å². The first-order chi connectivity index (χ1) is 14.6. The molecule has 0 aliphatic carbocycles. The lowest BCUT2D eigenvalue weighted by atomic mass is 10.1. The second-order valence-corrected chi connectivity index (χ2v) is 7.75. The maximum absolute atomic E-state index is 10.3. The molecule has 4 rings (SSSR count). The van der Waals surface area contributed by atoms with E-state index in [0.29, 0.717) is 22.6 Å². The number of aromatic hydroxyl groups is 2. The van der Waals surface area contributed by atoms with Gasteiger partial charge in [-0.15, -0.1) is 11.3 Å². The van der Waals surface area contributed by atoms with Gasteiger partial charge in [0.05, 0.1) is 31.7 Å². The molecule has 2 heterocycles. The van der Waals surface area contributed by atoms with Crippen molar-refractivity contribution < 1.29 is 19.7 Å². The first-order valence-corrected chi connectivity index (χ1v) is 10.6. The molecule has 1 aliphatic heterocycles. The molecule has 1 aliphatic rings. The summed E-state index contributed by atoms with van der Waals surface area (Å²) in [7, 11) is 1.63. The van der Waals surface area contributed by atoms with E-state index in [1.807, 2.05) is 29.6 Å². The van der Waals surface area contributed by atoms with Gasteiger partial charge in [-0.25, -0.2) is 4.68 Å². The molecule has 0 amide bonds. The fourth-order valence-electron chi connectivity index (χ4n) is 3.22. The second-order valence-electron chi connectivity index (χ2n) is 6.91. The number of benzene rings is 2. The molecule has 0 bridgehead atoms. The Hall–Kier alpha value is -3.10. The molecule has 7 nitrogen and oxygen atoms in total. The van der Waals surface area contributed by atoms with Gasteiger partial charge in [0.15, 0.2) is 0 Å². The van der Waals surface area contributed by atoms with Crippen molar-refractivity contribution in [2.24, 2.45) is 10.1 Å². The SMILES string of the molecule is COc1ccc(/C=N/n2c(-c3ccc(O)cc3O)csc2=NCC2CCCO2)cc1. The minimum atomic E-state index is -0.0214. The van der Waals surface area contributed by atoms with E-state index in [1.54, 1.807) is 24.1 Å². The van der Waals surface area contributed by atoms with Gasteiger partial charge < -0.3 is 19.7 Å². The smallest absolute Gasteiger partial charge is 0.206 e. The monoisotopic (exact) mass is 425 g/mol. The molecule has 1 atom stereocenters. The molecule has 0 saturated carbocycles. The van der Waals surface area contributed by atoms with E-state index in [9.17, 15) is 10.2 Å². The molecule has 0 radical (unpaired) electrons. The van der Waals surface area contributed by atoms with Crippen molar-refractivity contribution >= 4 is 17.6 Å². The molecule has 30 heavy (non-hydrogen) atoms. The Balaban J connectivity index is 1.72. The van der Waals surface area contributed by atoms with E-state index in [0.717, 1.165) is 30.8 Å². The van der Waals surface area contributed by atoms with Crippen LogP contribution >= 0.6 is 11.3 Å². The second kappa shape index (κ2) is 9.15. The van der Waals surface area contributed by atoms with Crippen LogP contribution < -0.4 is 9.54 Å². The Morgan fingerprint density at radius 2 is 2.07 bits per heavy atom. The van der Waals surface area contributed by atoms with Crippen LogP contribution in [0.4, 0.5) is 0 Å². The fourth-order valence-corrected chi connectivity index (χ4v) is 4.06. The third-order valence-corrected chi connectivity index (χ3v) is 5.69. The topological polar surface area (TPSA) is 88.6 Å². The van der Waals surface area contributed by atoms with E-state index in [-0.39, 0.29) is 17.6 Å². The number of rotatable bonds is 6. The number of phenols is 2. The van der Waals surface area contributed by atoms with Crippen LogP contribution in [0.5, 0.6) is 17.2 Å². The Morgan fingerprint density at radius 3 is 2.77 bits per heavy atom. The number of hydrogen-bond donors (Lipinski definition) is 2. The Labute approximate surface area is 178 Å². The van der Waals surface area contributed by atoms with Crippen molar-refractivity contribution in [1.82, 2.24) is 4.68 Å². The standard InChI is InChI=1S/C22H23N3O4S/c1-28-17-7-4-15(5-8-17)12-24-25-20(19-9-6-16(26)11-21(19)27)14-30-22(25)23-13-18-3-2-10-29-18/h4-9,11-12,14,18,26-27H,2-3,10,13H2,1H3/b23-22?,24-12+.